The molecule has 18 heteroatoms. The van der Waals surface area contributed by atoms with Crippen molar-refractivity contribution < 1.29 is 47.7 Å². The van der Waals surface area contributed by atoms with E-state index in [0.29, 0.717) is 5.75 Å². The van der Waals surface area contributed by atoms with Gasteiger partial charge in [-0.1, -0.05) is 0 Å². The van der Waals surface area contributed by atoms with Crippen molar-refractivity contribution in [2.24, 2.45) is 0 Å². The molecule has 0 radical (unpaired) electrons. The molecule has 14 nitrogen and oxygen atoms in total. The Labute approximate surface area is 182 Å². The lowest BCUT2D eigenvalue weighted by Crippen LogP contribution is -2.37. The first-order chi connectivity index (χ1) is 14.7. The molecule has 7 unspecified atom stereocenters. The summed E-state index contributed by atoms with van der Waals surface area (Å²) in [5, 5.41) is 20.6. The smallest absolute Gasteiger partial charge is 0.344 e. The van der Waals surface area contributed by atoms with Gasteiger partial charge in [0.1, 0.15) is 24.4 Å². The van der Waals surface area contributed by atoms with Gasteiger partial charge >= 0.3 is 31.5 Å². The predicted octanol–water partition coefficient (Wildman–Crippen LogP) is -0.924. The first-order valence-corrected chi connectivity index (χ1v) is 13.3. The van der Waals surface area contributed by atoms with Crippen molar-refractivity contribution in [1.29, 1.82) is 0 Å². The van der Waals surface area contributed by atoms with Crippen LogP contribution in [0.3, 0.4) is 0 Å². The molecule has 31 heavy (non-hydrogen) atoms. The highest BCUT2D eigenvalue weighted by molar-refractivity contribution is 7.99. The van der Waals surface area contributed by atoms with Crippen LogP contribution in [0.15, 0.2) is 15.8 Å². The molecule has 1 aromatic heterocycles. The van der Waals surface area contributed by atoms with E-state index in [9.17, 15) is 29.6 Å². The standard InChI is InChI=1S/C13H21N2O12P3S/c16-9-8(4-24-29(22)27-30(23)26-28(20)21)25-11(10(9)17)7-3-15(6-1-2-31-5-6)13(19)14-12(7)18/h3,6,8-11,16-17,20-23H,1-2,4-5H2,(H,14,18,19). The summed E-state index contributed by atoms with van der Waals surface area (Å²) in [6.07, 6.45) is -3.39. The van der Waals surface area contributed by atoms with Gasteiger partial charge in [-0.05, 0) is 12.2 Å². The van der Waals surface area contributed by atoms with Crippen LogP contribution in [-0.4, -0.2) is 75.8 Å². The zero-order valence-corrected chi connectivity index (χ0v) is 19.1. The molecule has 3 heterocycles. The van der Waals surface area contributed by atoms with Crippen LogP contribution in [0.4, 0.5) is 0 Å². The van der Waals surface area contributed by atoms with E-state index < -0.39 is 68.1 Å². The highest BCUT2D eigenvalue weighted by Crippen LogP contribution is 2.55. The number of thioether (sulfide) groups is 1. The Kier molecular flexibility index (Phi) is 9.37. The van der Waals surface area contributed by atoms with Crippen molar-refractivity contribution in [3.8, 4) is 0 Å². The lowest BCUT2D eigenvalue weighted by atomic mass is 10.0. The number of nitrogens with one attached hydrogen (secondary N) is 1. The molecule has 176 valence electrons. The highest BCUT2D eigenvalue weighted by atomic mass is 32.2. The number of hydrogen-bond acceptors (Lipinski definition) is 13. The molecule has 7 N–H and O–H groups in total. The predicted molar refractivity (Wildman–Crippen MR) is 110 cm³/mol. The molecule has 2 fully saturated rings. The van der Waals surface area contributed by atoms with Gasteiger partial charge in [0.05, 0.1) is 12.2 Å². The number of aromatic amines is 1. The highest BCUT2D eigenvalue weighted by Gasteiger charge is 2.45. The van der Waals surface area contributed by atoms with E-state index >= 15 is 0 Å². The number of nitrogens with zero attached hydrogens (tertiary/aromatic N) is 1. The molecule has 0 aliphatic carbocycles. The van der Waals surface area contributed by atoms with E-state index in [-0.39, 0.29) is 11.6 Å². The number of aliphatic hydroxyl groups is 2. The van der Waals surface area contributed by atoms with Crippen LogP contribution < -0.4 is 11.2 Å². The van der Waals surface area contributed by atoms with Gasteiger partial charge in [0.25, 0.3) is 5.56 Å². The van der Waals surface area contributed by atoms with Gasteiger partial charge in [0.15, 0.2) is 0 Å². The van der Waals surface area contributed by atoms with E-state index in [1.165, 1.54) is 10.8 Å². The maximum atomic E-state index is 12.3. The summed E-state index contributed by atoms with van der Waals surface area (Å²) in [4.78, 5) is 62.7. The Morgan fingerprint density at radius 1 is 1.16 bits per heavy atom. The zero-order valence-electron chi connectivity index (χ0n) is 15.6. The Hall–Kier alpha value is -0.0800. The minimum Gasteiger partial charge on any atom is -0.387 e. The van der Waals surface area contributed by atoms with Gasteiger partial charge in [0, 0.05) is 18.0 Å². The van der Waals surface area contributed by atoms with E-state index in [1.54, 1.807) is 11.8 Å². The molecular weight excluding hydrogens is 501 g/mol. The average molecular weight is 522 g/mol. The summed E-state index contributed by atoms with van der Waals surface area (Å²) < 4.78 is 20.5. The fourth-order valence-electron chi connectivity index (χ4n) is 3.16. The largest absolute Gasteiger partial charge is 0.387 e. The molecule has 2 aliphatic rings. The number of aliphatic hydroxyl groups excluding tert-OH is 2. The zero-order chi connectivity index (χ0) is 22.7. The molecule has 2 aliphatic heterocycles. The number of ether oxygens (including phenoxy) is 1. The van der Waals surface area contributed by atoms with Crippen LogP contribution >= 0.6 is 37.6 Å². The Balaban J connectivity index is 1.66. The quantitative estimate of drug-likeness (QED) is 0.196. The fourth-order valence-corrected chi connectivity index (χ4v) is 6.19. The van der Waals surface area contributed by atoms with Crippen molar-refractivity contribution in [3.05, 3.63) is 32.6 Å². The van der Waals surface area contributed by atoms with Crippen LogP contribution in [0.1, 0.15) is 24.1 Å². The maximum Gasteiger partial charge on any atom is 0.344 e. The Morgan fingerprint density at radius 2 is 1.90 bits per heavy atom. The second kappa shape index (κ2) is 11.4. The van der Waals surface area contributed by atoms with Crippen molar-refractivity contribution in [2.75, 3.05) is 18.1 Å². The summed E-state index contributed by atoms with van der Waals surface area (Å²) in [6.45, 7) is -0.496. The van der Waals surface area contributed by atoms with Crippen LogP contribution in [0, 0.1) is 0 Å². The van der Waals surface area contributed by atoms with E-state index in [2.05, 4.69) is 13.6 Å². The maximum absolute atomic E-state index is 12.3. The second-order valence-electron chi connectivity index (χ2n) is 6.53. The monoisotopic (exact) mass is 522 g/mol. The first kappa shape index (κ1) is 25.5. The first-order valence-electron chi connectivity index (χ1n) is 8.77. The average Bonchev–Trinajstić information content (AvgIpc) is 3.30. The minimum absolute atomic E-state index is 0.0420. The summed E-state index contributed by atoms with van der Waals surface area (Å²) >= 11 is 1.67. The molecule has 0 aromatic carbocycles. The third kappa shape index (κ3) is 6.50. The summed E-state index contributed by atoms with van der Waals surface area (Å²) in [5.41, 5.74) is -1.38. The molecule has 2 saturated heterocycles. The van der Waals surface area contributed by atoms with Crippen LogP contribution in [0.25, 0.3) is 0 Å². The van der Waals surface area contributed by atoms with Gasteiger partial charge in [0.2, 0.25) is 0 Å². The summed E-state index contributed by atoms with van der Waals surface area (Å²) in [7, 11) is -8.45. The number of H-pyrrole nitrogens is 1. The Bertz CT molecular complexity index is 852. The van der Waals surface area contributed by atoms with Crippen molar-refractivity contribution in [1.82, 2.24) is 9.55 Å². The molecule has 3 rings (SSSR count). The normalized spacial score (nSPS) is 30.7. The molecule has 0 bridgehead atoms. The Morgan fingerprint density at radius 3 is 2.55 bits per heavy atom. The van der Waals surface area contributed by atoms with E-state index in [1.807, 2.05) is 0 Å². The van der Waals surface area contributed by atoms with Crippen LogP contribution in [-0.2, 0) is 17.9 Å². The van der Waals surface area contributed by atoms with Gasteiger partial charge in [-0.15, -0.1) is 0 Å². The number of rotatable bonds is 9. The van der Waals surface area contributed by atoms with E-state index in [4.69, 9.17) is 19.0 Å². The SMILES string of the molecule is O=c1[nH]c(=O)n(C2CCSC2)cc1C1OC(COP(O)OP(O)OP(O)O)C(O)C1O. The van der Waals surface area contributed by atoms with E-state index in [0.717, 1.165) is 12.2 Å². The lowest BCUT2D eigenvalue weighted by Gasteiger charge is -2.18. The number of aromatic nitrogens is 2. The summed E-state index contributed by atoms with van der Waals surface area (Å²) in [5.74, 6) is 1.57. The van der Waals surface area contributed by atoms with Gasteiger partial charge in [-0.2, -0.15) is 11.8 Å². The molecule has 0 spiro atoms. The van der Waals surface area contributed by atoms with Crippen molar-refractivity contribution in [2.45, 2.75) is 36.9 Å². The van der Waals surface area contributed by atoms with Crippen molar-refractivity contribution >= 4 is 37.6 Å². The van der Waals surface area contributed by atoms with Gasteiger partial charge in [-0.25, -0.2) is 13.4 Å². The molecule has 0 saturated carbocycles. The summed E-state index contributed by atoms with van der Waals surface area (Å²) in [6, 6.07) is -0.111. The third-order valence-electron chi connectivity index (χ3n) is 4.60. The van der Waals surface area contributed by atoms with Crippen LogP contribution in [0.2, 0.25) is 0 Å². The second-order valence-corrected chi connectivity index (χ2v) is 10.7. The van der Waals surface area contributed by atoms with Crippen LogP contribution in [0.5, 0.6) is 0 Å². The fraction of sp³-hybridized carbons (Fsp3) is 0.692. The molecule has 1 aromatic rings. The molecule has 7 atom stereocenters. The third-order valence-corrected chi connectivity index (χ3v) is 8.37. The van der Waals surface area contributed by atoms with Crippen molar-refractivity contribution in [3.63, 3.8) is 0 Å². The minimum atomic E-state index is -2.90. The van der Waals surface area contributed by atoms with Gasteiger partial charge < -0.3 is 39.0 Å². The lowest BCUT2D eigenvalue weighted by molar-refractivity contribution is -0.0193. The topological polar surface area (TPSA) is 213 Å². The molecule has 0 amide bonds. The van der Waals surface area contributed by atoms with Gasteiger partial charge in [-0.3, -0.25) is 14.3 Å². The molecular formula is C13H21N2O12P3S. The number of hydrogen-bond donors (Lipinski definition) is 7.